The molecule has 0 radical (unpaired) electrons. The third-order valence-electron chi connectivity index (χ3n) is 11.0. The van der Waals surface area contributed by atoms with Gasteiger partial charge in [0.2, 0.25) is 0 Å². The van der Waals surface area contributed by atoms with Crippen LogP contribution in [0, 0.1) is 0 Å². The zero-order valence-electron chi connectivity index (χ0n) is 40.6. The number of esters is 3. The summed E-state index contributed by atoms with van der Waals surface area (Å²) in [6.07, 6.45) is 63.5. The van der Waals surface area contributed by atoms with E-state index in [2.05, 4.69) is 81.5 Å². The van der Waals surface area contributed by atoms with E-state index in [1.54, 1.807) is 6.08 Å². The summed E-state index contributed by atoms with van der Waals surface area (Å²) in [5.74, 6) is -1.05. The zero-order valence-corrected chi connectivity index (χ0v) is 40.6. The van der Waals surface area contributed by atoms with Crippen molar-refractivity contribution < 1.29 is 28.6 Å². The van der Waals surface area contributed by atoms with Gasteiger partial charge in [0.1, 0.15) is 13.2 Å². The van der Waals surface area contributed by atoms with Gasteiger partial charge in [0, 0.05) is 12.8 Å². The number of ether oxygens (including phenoxy) is 3. The summed E-state index contributed by atoms with van der Waals surface area (Å²) in [6, 6.07) is 0. The second kappa shape index (κ2) is 50.5. The quantitative estimate of drug-likeness (QED) is 0.0199. The molecule has 6 heteroatoms. The van der Waals surface area contributed by atoms with Gasteiger partial charge in [-0.15, -0.1) is 0 Å². The van der Waals surface area contributed by atoms with Crippen molar-refractivity contribution in [1.29, 1.82) is 0 Å². The molecule has 0 aliphatic rings. The van der Waals surface area contributed by atoms with Gasteiger partial charge in [0.15, 0.2) is 6.10 Å². The van der Waals surface area contributed by atoms with Crippen molar-refractivity contribution in [2.45, 2.75) is 252 Å². The van der Waals surface area contributed by atoms with Gasteiger partial charge in [-0.05, 0) is 83.5 Å². The fourth-order valence-corrected chi connectivity index (χ4v) is 7.08. The van der Waals surface area contributed by atoms with Gasteiger partial charge >= 0.3 is 17.9 Å². The lowest BCUT2D eigenvalue weighted by Crippen LogP contribution is -2.30. The molecule has 0 aromatic heterocycles. The van der Waals surface area contributed by atoms with E-state index in [0.717, 1.165) is 70.6 Å². The molecule has 0 aromatic rings. The summed E-state index contributed by atoms with van der Waals surface area (Å²) in [6.45, 7) is 6.39. The zero-order chi connectivity index (χ0) is 45.1. The van der Waals surface area contributed by atoms with E-state index in [9.17, 15) is 14.4 Å². The Kier molecular flexibility index (Phi) is 47.9. The Morgan fingerprint density at radius 1 is 0.371 bits per heavy atom. The third kappa shape index (κ3) is 47.9. The summed E-state index contributed by atoms with van der Waals surface area (Å²) in [5, 5.41) is 0. The number of hydrogen-bond donors (Lipinski definition) is 0. The first-order valence-corrected chi connectivity index (χ1v) is 26.0. The molecule has 356 valence electrons. The highest BCUT2D eigenvalue weighted by molar-refractivity contribution is 5.72. The molecule has 0 heterocycles. The van der Waals surface area contributed by atoms with Crippen molar-refractivity contribution in [3.8, 4) is 0 Å². The number of hydrogen-bond acceptors (Lipinski definition) is 6. The summed E-state index contributed by atoms with van der Waals surface area (Å²) >= 11 is 0. The Hall–Kier alpha value is -3.15. The normalized spacial score (nSPS) is 12.6. The molecule has 1 atom stereocenters. The lowest BCUT2D eigenvalue weighted by Gasteiger charge is -2.18. The van der Waals surface area contributed by atoms with Crippen LogP contribution in [0.1, 0.15) is 245 Å². The van der Waals surface area contributed by atoms with Crippen LogP contribution in [0.4, 0.5) is 0 Å². The van der Waals surface area contributed by atoms with Crippen LogP contribution in [-0.2, 0) is 28.6 Å². The van der Waals surface area contributed by atoms with Crippen LogP contribution in [-0.4, -0.2) is 37.2 Å². The summed E-state index contributed by atoms with van der Waals surface area (Å²) < 4.78 is 16.7. The molecule has 0 saturated heterocycles. The lowest BCUT2D eigenvalue weighted by molar-refractivity contribution is -0.166. The van der Waals surface area contributed by atoms with Gasteiger partial charge in [0.05, 0.1) is 6.42 Å². The fourth-order valence-electron chi connectivity index (χ4n) is 7.08. The molecule has 0 aromatic carbocycles. The van der Waals surface area contributed by atoms with Crippen molar-refractivity contribution in [3.63, 3.8) is 0 Å². The van der Waals surface area contributed by atoms with Crippen LogP contribution in [0.15, 0.2) is 72.9 Å². The van der Waals surface area contributed by atoms with Gasteiger partial charge in [-0.25, -0.2) is 0 Å². The second-order valence-electron chi connectivity index (χ2n) is 17.1. The SMILES string of the molecule is CC/C=C\C/C=C\C/C=C\CC(=O)OCC(COC(=O)CCCCCCCCCCCC/C=C\C=C/CCCCC)OC(=O)CCCCCCC/C=C\CCCCCCCCC. The van der Waals surface area contributed by atoms with E-state index in [4.69, 9.17) is 14.2 Å². The number of carbonyl (C=O) groups is 3. The van der Waals surface area contributed by atoms with Crippen molar-refractivity contribution in [3.05, 3.63) is 72.9 Å². The average Bonchev–Trinajstić information content (AvgIpc) is 3.27. The molecule has 0 spiro atoms. The highest BCUT2D eigenvalue weighted by Gasteiger charge is 2.19. The van der Waals surface area contributed by atoms with E-state index in [1.807, 2.05) is 6.08 Å². The fraction of sp³-hybridized carbons (Fsp3) is 0.732. The van der Waals surface area contributed by atoms with Gasteiger partial charge < -0.3 is 14.2 Å². The van der Waals surface area contributed by atoms with Crippen molar-refractivity contribution >= 4 is 17.9 Å². The molecule has 0 amide bonds. The van der Waals surface area contributed by atoms with E-state index >= 15 is 0 Å². The van der Waals surface area contributed by atoms with Crippen molar-refractivity contribution in [1.82, 2.24) is 0 Å². The first-order valence-electron chi connectivity index (χ1n) is 26.0. The maximum Gasteiger partial charge on any atom is 0.309 e. The minimum atomic E-state index is -0.815. The lowest BCUT2D eigenvalue weighted by atomic mass is 10.1. The topological polar surface area (TPSA) is 78.9 Å². The Bertz CT molecular complexity index is 1180. The Morgan fingerprint density at radius 2 is 0.742 bits per heavy atom. The maximum atomic E-state index is 12.8. The van der Waals surface area contributed by atoms with Crippen molar-refractivity contribution in [2.75, 3.05) is 13.2 Å². The van der Waals surface area contributed by atoms with Crippen LogP contribution in [0.5, 0.6) is 0 Å². The Balaban J connectivity index is 4.36. The van der Waals surface area contributed by atoms with Gasteiger partial charge in [0.25, 0.3) is 0 Å². The monoisotopic (exact) mass is 865 g/mol. The highest BCUT2D eigenvalue weighted by Crippen LogP contribution is 2.14. The number of carbonyl (C=O) groups excluding carboxylic acids is 3. The predicted octanol–water partition coefficient (Wildman–Crippen LogP) is 17.0. The summed E-state index contributed by atoms with van der Waals surface area (Å²) in [4.78, 5) is 37.8. The summed E-state index contributed by atoms with van der Waals surface area (Å²) in [7, 11) is 0. The molecule has 0 fully saturated rings. The third-order valence-corrected chi connectivity index (χ3v) is 11.0. The number of rotatable bonds is 46. The van der Waals surface area contributed by atoms with Crippen LogP contribution < -0.4 is 0 Å². The molecule has 0 rings (SSSR count). The molecule has 0 saturated carbocycles. The highest BCUT2D eigenvalue weighted by atomic mass is 16.6. The average molecular weight is 865 g/mol. The molecule has 0 aliphatic heterocycles. The maximum absolute atomic E-state index is 12.8. The van der Waals surface area contributed by atoms with Gasteiger partial charge in [-0.3, -0.25) is 14.4 Å². The molecular weight excluding hydrogens is 769 g/mol. The molecule has 6 nitrogen and oxygen atoms in total. The predicted molar refractivity (Wildman–Crippen MR) is 265 cm³/mol. The standard InChI is InChI=1S/C56H96O6/c1-4-7-10-13-16-19-21-23-25-27-28-29-31-32-34-37-40-43-46-49-55(58)61-52-53(51-60-54(57)48-45-42-39-36-18-15-12-9-6-3)62-56(59)50-47-44-41-38-35-33-30-26-24-22-20-17-14-11-8-5-2/h9,12,16,18-19,21,23,26,30,36,42,45,53H,4-8,10-11,13-15,17,20,22,24-25,27-29,31-35,37-41,43-44,46-52H2,1-3H3/b12-9-,19-16-,23-21-,30-26-,36-18-,45-42-. The minimum Gasteiger partial charge on any atom is -0.462 e. The molecule has 62 heavy (non-hydrogen) atoms. The molecular formula is C56H96O6. The van der Waals surface area contributed by atoms with Crippen LogP contribution in [0.3, 0.4) is 0 Å². The Labute approximate surface area is 382 Å². The molecule has 0 bridgehead atoms. The van der Waals surface area contributed by atoms with E-state index in [1.165, 1.54) is 135 Å². The smallest absolute Gasteiger partial charge is 0.309 e. The molecule has 0 N–H and O–H groups in total. The van der Waals surface area contributed by atoms with E-state index in [0.29, 0.717) is 12.8 Å². The van der Waals surface area contributed by atoms with E-state index in [-0.39, 0.29) is 31.6 Å². The first-order chi connectivity index (χ1) is 30.5. The largest absolute Gasteiger partial charge is 0.462 e. The summed E-state index contributed by atoms with van der Waals surface area (Å²) in [5.41, 5.74) is 0. The molecule has 1 unspecified atom stereocenters. The van der Waals surface area contributed by atoms with Gasteiger partial charge in [-0.1, -0.05) is 216 Å². The van der Waals surface area contributed by atoms with E-state index < -0.39 is 12.1 Å². The second-order valence-corrected chi connectivity index (χ2v) is 17.1. The van der Waals surface area contributed by atoms with Crippen LogP contribution >= 0.6 is 0 Å². The van der Waals surface area contributed by atoms with Crippen molar-refractivity contribution in [2.24, 2.45) is 0 Å². The number of allylic oxidation sites excluding steroid dienone is 11. The van der Waals surface area contributed by atoms with Crippen LogP contribution in [0.25, 0.3) is 0 Å². The van der Waals surface area contributed by atoms with Crippen LogP contribution in [0.2, 0.25) is 0 Å². The Morgan fingerprint density at radius 3 is 1.24 bits per heavy atom. The minimum absolute atomic E-state index is 0.107. The van der Waals surface area contributed by atoms with Gasteiger partial charge in [-0.2, -0.15) is 0 Å². The number of unbranched alkanes of at least 4 members (excludes halogenated alkanes) is 25. The first kappa shape index (κ1) is 58.9. The molecule has 0 aliphatic carbocycles.